The summed E-state index contributed by atoms with van der Waals surface area (Å²) in [6, 6.07) is 0. The summed E-state index contributed by atoms with van der Waals surface area (Å²) in [6.07, 6.45) is 31.8. The number of hydroxylamine groups is 3. The van der Waals surface area contributed by atoms with Crippen molar-refractivity contribution >= 4 is 42.6 Å². The first-order valence-corrected chi connectivity index (χ1v) is 29.8. The highest BCUT2D eigenvalue weighted by molar-refractivity contribution is 5.69. The second kappa shape index (κ2) is 90.9. The van der Waals surface area contributed by atoms with Gasteiger partial charge >= 0.3 is 29.8 Å². The van der Waals surface area contributed by atoms with Gasteiger partial charge in [0, 0.05) is 38.7 Å². The van der Waals surface area contributed by atoms with E-state index < -0.39 is 17.9 Å². The maximum Gasteiger partial charge on any atom is 0.305 e. The molecule has 11 N–H and O–H groups in total. The fraction of sp³-hybridized carbons (Fsp3) is 0.881. The maximum absolute atomic E-state index is 11.6. The number of unbranched alkanes of at least 4 members (excludes halogenated alkanes) is 19. The Hall–Kier alpha value is -3.91. The third kappa shape index (κ3) is 152. The molecule has 0 aromatic rings. The van der Waals surface area contributed by atoms with Crippen LogP contribution in [0.1, 0.15) is 233 Å². The maximum atomic E-state index is 11.6. The number of carbonyl (C=O) groups is 7. The Morgan fingerprint density at radius 3 is 1.01 bits per heavy atom. The number of nitrogens with two attached hydrogens (primary N) is 1. The molecule has 0 aromatic heterocycles. The molecular weight excluding hydrogens is 1070 g/mol. The molecule has 0 aliphatic carbocycles. The van der Waals surface area contributed by atoms with Crippen LogP contribution in [0.25, 0.3) is 0 Å². The van der Waals surface area contributed by atoms with Crippen LogP contribution in [-0.4, -0.2) is 212 Å². The van der Waals surface area contributed by atoms with E-state index in [4.69, 9.17) is 60.8 Å². The van der Waals surface area contributed by atoms with Crippen molar-refractivity contribution in [3.8, 4) is 0 Å². The van der Waals surface area contributed by atoms with Gasteiger partial charge in [0.05, 0.1) is 33.9 Å². The van der Waals surface area contributed by atoms with Gasteiger partial charge in [-0.15, -0.1) is 0 Å². The Bertz CT molecular complexity index is 1230. The van der Waals surface area contributed by atoms with Gasteiger partial charge in [-0.1, -0.05) is 104 Å². The normalized spacial score (nSPS) is 9.80. The van der Waals surface area contributed by atoms with Gasteiger partial charge in [0.25, 0.3) is 6.47 Å². The zero-order valence-electron chi connectivity index (χ0n) is 54.0. The molecule has 0 saturated heterocycles. The number of hydrogen-bond donors (Lipinski definition) is 8. The molecule has 0 atom stereocenters. The van der Waals surface area contributed by atoms with Crippen LogP contribution in [0.15, 0.2) is 0 Å². The number of nitrogens with zero attached hydrogens (tertiary/aromatic N) is 4. The fourth-order valence-corrected chi connectivity index (χ4v) is 6.31. The molecule has 82 heavy (non-hydrogen) atoms. The van der Waals surface area contributed by atoms with E-state index >= 15 is 0 Å². The lowest BCUT2D eigenvalue weighted by Gasteiger charge is -2.33. The van der Waals surface area contributed by atoms with Crippen molar-refractivity contribution in [2.45, 2.75) is 233 Å². The molecular formula is C59H129N5O18. The van der Waals surface area contributed by atoms with Gasteiger partial charge in [-0.3, -0.25) is 39.3 Å². The molecule has 0 spiro atoms. The van der Waals surface area contributed by atoms with E-state index in [0.717, 1.165) is 141 Å². The smallest absolute Gasteiger partial charge is 0.305 e. The fourth-order valence-electron chi connectivity index (χ4n) is 6.31. The van der Waals surface area contributed by atoms with Gasteiger partial charge < -0.3 is 75.6 Å². The molecule has 0 unspecified atom stereocenters. The zero-order chi connectivity index (χ0) is 64.2. The number of aliphatic hydroxyl groups is 1. The van der Waals surface area contributed by atoms with Crippen LogP contribution in [0, 0.1) is 5.21 Å². The molecule has 23 nitrogen and oxygen atoms in total. The van der Waals surface area contributed by atoms with Crippen LogP contribution >= 0.6 is 0 Å². The number of rotatable bonds is 43. The lowest BCUT2D eigenvalue weighted by atomic mass is 10.1. The predicted octanol–water partition coefficient (Wildman–Crippen LogP) is 10.1. The predicted molar refractivity (Wildman–Crippen MR) is 331 cm³/mol. The third-order valence-electron chi connectivity index (χ3n) is 10.6. The lowest BCUT2D eigenvalue weighted by molar-refractivity contribution is -0.840. The minimum atomic E-state index is -0.716. The molecule has 0 aliphatic rings. The minimum absolute atomic E-state index is 0. The van der Waals surface area contributed by atoms with Gasteiger partial charge in [0.15, 0.2) is 0 Å². The number of aliphatic hydroxyl groups excluding tert-OH is 1. The van der Waals surface area contributed by atoms with Crippen molar-refractivity contribution in [2.24, 2.45) is 5.73 Å². The summed E-state index contributed by atoms with van der Waals surface area (Å²) in [4.78, 5) is 76.3. The second-order valence-corrected chi connectivity index (χ2v) is 20.4. The van der Waals surface area contributed by atoms with Crippen LogP contribution in [0.2, 0.25) is 0 Å². The standard InChI is InChI=1S/C20H41NO3.C11H23NO2.2C8H17NO2.C6H13NO2.C3H8O.C2H4O.CH2O2.H2O2.H2O/c1-4-5-6-7-8-9-10-11-12-16-19-24-20(22)17-14-13-15-18-21(2,3)23;1-4-10-14-11(13)8-6-5-7-9-12(2)3;2*1-9(2)7-5-3-4-6-8(10)11;7-5-3-1-2-4-6(8)9;1-2-3-4;1-2-3;2-1-3;1-2;/h4-19H2,1-3H3;4-10H2,1-3H3;2*3-7H2,1-2H3,(H,10,11);1-5,7H2,(H,8,9);4H,2-3H2,1H3;2H,1H3;1H,(H,2,3);1-2H;1H2. The van der Waals surface area contributed by atoms with E-state index in [9.17, 15) is 29.2 Å². The summed E-state index contributed by atoms with van der Waals surface area (Å²) >= 11 is 0. The van der Waals surface area contributed by atoms with Gasteiger partial charge in [-0.25, -0.2) is 0 Å². The van der Waals surface area contributed by atoms with E-state index in [1.807, 2.05) is 42.0 Å². The molecule has 0 saturated carbocycles. The third-order valence-corrected chi connectivity index (χ3v) is 10.6. The molecule has 0 aromatic carbocycles. The van der Waals surface area contributed by atoms with Crippen LogP contribution in [0.4, 0.5) is 0 Å². The SMILES string of the molecule is CC=O.CCCCCCCCCCCCOC(=O)CCCCC[N+](C)(C)[O-].CCCO.CCCOC(=O)CCCCCN(C)C.CN(C)CCCCCC(=O)O.CN(C)CCCCCC(=O)O.NCCCCCC(=O)O.O.O=CO.OO. The first-order valence-electron chi connectivity index (χ1n) is 29.8. The van der Waals surface area contributed by atoms with Crippen LogP contribution in [0.3, 0.4) is 0 Å². The Kier molecular flexibility index (Phi) is 111. The molecule has 0 radical (unpaired) electrons. The number of hydrogen-bond acceptors (Lipinski definition) is 17. The zero-order valence-corrected chi connectivity index (χ0v) is 54.0. The van der Waals surface area contributed by atoms with Crippen molar-refractivity contribution in [1.82, 2.24) is 14.7 Å². The van der Waals surface area contributed by atoms with Crippen molar-refractivity contribution < 1.29 is 89.2 Å². The second-order valence-electron chi connectivity index (χ2n) is 20.4. The topological polar surface area (TPSA) is 370 Å². The van der Waals surface area contributed by atoms with E-state index in [-0.39, 0.29) is 35.0 Å². The Labute approximate surface area is 498 Å². The summed E-state index contributed by atoms with van der Waals surface area (Å²) < 4.78 is 9.98. The van der Waals surface area contributed by atoms with Crippen molar-refractivity contribution in [2.75, 3.05) is 109 Å². The number of carbonyl (C=O) groups excluding carboxylic acids is 3. The van der Waals surface area contributed by atoms with E-state index in [2.05, 4.69) is 35.7 Å². The minimum Gasteiger partial charge on any atom is -0.633 e. The van der Waals surface area contributed by atoms with Crippen LogP contribution in [-0.2, 0) is 43.0 Å². The number of carboxylic acids is 3. The number of ether oxygens (including phenoxy) is 2. The number of carboxylic acid groups (broad SMARTS) is 4. The van der Waals surface area contributed by atoms with Crippen molar-refractivity contribution in [3.05, 3.63) is 5.21 Å². The highest BCUT2D eigenvalue weighted by Crippen LogP contribution is 2.11. The van der Waals surface area contributed by atoms with Gasteiger partial charge in [0.1, 0.15) is 6.29 Å². The highest BCUT2D eigenvalue weighted by atomic mass is 17.0. The Morgan fingerprint density at radius 2 is 0.744 bits per heavy atom. The quantitative estimate of drug-likeness (QED) is 0.00702. The Morgan fingerprint density at radius 1 is 0.476 bits per heavy atom. The molecule has 23 heteroatoms. The molecule has 0 fully saturated rings. The van der Waals surface area contributed by atoms with Gasteiger partial charge in [-0.05, 0) is 165 Å². The number of esters is 2. The number of aldehydes is 1. The summed E-state index contributed by atoms with van der Waals surface area (Å²) in [5, 5.41) is 62.9. The van der Waals surface area contributed by atoms with Gasteiger partial charge in [-0.2, -0.15) is 0 Å². The largest absolute Gasteiger partial charge is 0.633 e. The van der Waals surface area contributed by atoms with Crippen LogP contribution < -0.4 is 5.73 Å². The Balaban J connectivity index is -0.0000000973. The molecule has 0 aliphatic heterocycles. The first-order chi connectivity index (χ1) is 38.4. The number of aliphatic carboxylic acids is 3. The first kappa shape index (κ1) is 100. The summed E-state index contributed by atoms with van der Waals surface area (Å²) in [5.74, 6) is -2.21. The molecule has 0 heterocycles. The molecule has 0 amide bonds. The molecule has 0 bridgehead atoms. The molecule has 0 rings (SSSR count). The van der Waals surface area contributed by atoms with Crippen molar-refractivity contribution in [1.29, 1.82) is 0 Å². The van der Waals surface area contributed by atoms with Crippen LogP contribution in [0.5, 0.6) is 0 Å². The summed E-state index contributed by atoms with van der Waals surface area (Å²) in [6.45, 7) is 13.3. The number of quaternary nitrogens is 1. The van der Waals surface area contributed by atoms with E-state index in [1.54, 1.807) is 14.1 Å². The van der Waals surface area contributed by atoms with Crippen molar-refractivity contribution in [3.63, 3.8) is 0 Å². The average molecular weight is 1200 g/mol. The average Bonchev–Trinajstić information content (AvgIpc) is 3.39. The molecule has 498 valence electrons. The van der Waals surface area contributed by atoms with Gasteiger partial charge in [0.2, 0.25) is 0 Å². The highest BCUT2D eigenvalue weighted by Gasteiger charge is 2.06. The van der Waals surface area contributed by atoms with E-state index in [0.29, 0.717) is 58.6 Å². The monoisotopic (exact) mass is 1200 g/mol. The van der Waals surface area contributed by atoms with E-state index in [1.165, 1.54) is 64.7 Å². The lowest BCUT2D eigenvalue weighted by Crippen LogP contribution is -2.32. The summed E-state index contributed by atoms with van der Waals surface area (Å²) in [5.41, 5.74) is 5.20. The summed E-state index contributed by atoms with van der Waals surface area (Å²) in [7, 11) is 15.5.